The fourth-order valence-corrected chi connectivity index (χ4v) is 3.21. The average molecular weight is 336 g/mol. The monoisotopic (exact) mass is 335 g/mol. The highest BCUT2D eigenvalue weighted by Gasteiger charge is 2.33. The molecule has 0 aliphatic carbocycles. The topological polar surface area (TPSA) is 28.6 Å². The second-order valence-corrected chi connectivity index (χ2v) is 5.97. The summed E-state index contributed by atoms with van der Waals surface area (Å²) >= 11 is 5.99. The van der Waals surface area contributed by atoms with Gasteiger partial charge in [0, 0.05) is 45.0 Å². The van der Waals surface area contributed by atoms with Gasteiger partial charge in [0.2, 0.25) is 0 Å². The summed E-state index contributed by atoms with van der Waals surface area (Å²) < 4.78 is 43.3. The number of pyridine rings is 1. The molecule has 22 heavy (non-hydrogen) atoms. The van der Waals surface area contributed by atoms with Crippen LogP contribution in [0, 0.1) is 0 Å². The fourth-order valence-electron chi connectivity index (χ4n) is 2.93. The summed E-state index contributed by atoms with van der Waals surface area (Å²) in [5.74, 6) is 0.428. The number of ether oxygens (including phenoxy) is 1. The first-order valence-electron chi connectivity index (χ1n) is 7.24. The summed E-state index contributed by atoms with van der Waals surface area (Å²) in [5.41, 5.74) is -0.817. The van der Waals surface area contributed by atoms with Gasteiger partial charge in [0.25, 0.3) is 0 Å². The number of piperazine rings is 1. The van der Waals surface area contributed by atoms with E-state index in [4.69, 9.17) is 16.3 Å². The van der Waals surface area contributed by atoms with Crippen LogP contribution in [0.5, 0.6) is 0 Å². The molecule has 0 saturated carbocycles. The van der Waals surface area contributed by atoms with E-state index in [1.807, 2.05) is 4.90 Å². The van der Waals surface area contributed by atoms with E-state index in [0.29, 0.717) is 24.9 Å². The number of anilines is 1. The molecule has 0 amide bonds. The third-order valence-corrected chi connectivity index (χ3v) is 4.46. The molecule has 0 N–H and O–H groups in total. The molecule has 1 aromatic heterocycles. The molecule has 3 heterocycles. The van der Waals surface area contributed by atoms with Crippen molar-refractivity contribution < 1.29 is 17.9 Å². The quantitative estimate of drug-likeness (QED) is 0.831. The van der Waals surface area contributed by atoms with Gasteiger partial charge in [-0.1, -0.05) is 11.6 Å². The van der Waals surface area contributed by atoms with Crippen LogP contribution in [-0.2, 0) is 10.9 Å². The maximum absolute atomic E-state index is 12.6. The minimum absolute atomic E-state index is 0.0486. The van der Waals surface area contributed by atoms with Crippen LogP contribution in [0.4, 0.5) is 19.0 Å². The summed E-state index contributed by atoms with van der Waals surface area (Å²) in [6.45, 7) is 4.65. The van der Waals surface area contributed by atoms with Crippen LogP contribution in [0.1, 0.15) is 12.0 Å². The van der Waals surface area contributed by atoms with Crippen LogP contribution in [0.2, 0.25) is 5.02 Å². The Balaban J connectivity index is 1.66. The lowest BCUT2D eigenvalue weighted by Gasteiger charge is -2.38. The summed E-state index contributed by atoms with van der Waals surface area (Å²) in [5, 5.41) is 0.0486. The second kappa shape index (κ2) is 6.22. The molecule has 1 aromatic rings. The van der Waals surface area contributed by atoms with Gasteiger partial charge in [0.05, 0.1) is 17.2 Å². The molecule has 2 fully saturated rings. The average Bonchev–Trinajstić information content (AvgIpc) is 3.01. The summed E-state index contributed by atoms with van der Waals surface area (Å²) in [4.78, 5) is 8.22. The van der Waals surface area contributed by atoms with Crippen LogP contribution in [0.25, 0.3) is 0 Å². The van der Waals surface area contributed by atoms with Crippen molar-refractivity contribution in [2.24, 2.45) is 0 Å². The summed E-state index contributed by atoms with van der Waals surface area (Å²) in [6.07, 6.45) is -2.53. The maximum atomic E-state index is 12.6. The largest absolute Gasteiger partial charge is 0.417 e. The van der Waals surface area contributed by atoms with E-state index in [1.165, 1.54) is 0 Å². The Bertz CT molecular complexity index is 527. The van der Waals surface area contributed by atoms with E-state index in [2.05, 4.69) is 9.88 Å². The molecule has 1 atom stereocenters. The lowest BCUT2D eigenvalue weighted by atomic mass is 10.2. The highest BCUT2D eigenvalue weighted by atomic mass is 35.5. The number of hydrogen-bond donors (Lipinski definition) is 0. The third-order valence-electron chi connectivity index (χ3n) is 4.18. The highest BCUT2D eigenvalue weighted by molar-refractivity contribution is 6.33. The Labute approximate surface area is 131 Å². The van der Waals surface area contributed by atoms with E-state index in [9.17, 15) is 13.2 Å². The first kappa shape index (κ1) is 15.8. The van der Waals surface area contributed by atoms with E-state index in [1.54, 1.807) is 0 Å². The number of alkyl halides is 3. The van der Waals surface area contributed by atoms with Crippen LogP contribution >= 0.6 is 11.6 Å². The SMILES string of the molecule is FC(F)(F)c1cnc(N2CCN([C@H]3CCOC3)CC2)c(Cl)c1. The Kier molecular flexibility index (Phi) is 4.47. The van der Waals surface area contributed by atoms with E-state index in [0.717, 1.165) is 45.0 Å². The molecule has 3 rings (SSSR count). The summed E-state index contributed by atoms with van der Waals surface area (Å²) in [7, 11) is 0. The molecule has 2 aliphatic heterocycles. The van der Waals surface area contributed by atoms with Gasteiger partial charge in [0.15, 0.2) is 0 Å². The Morgan fingerprint density at radius 1 is 1.23 bits per heavy atom. The van der Waals surface area contributed by atoms with Crippen molar-refractivity contribution >= 4 is 17.4 Å². The van der Waals surface area contributed by atoms with Gasteiger partial charge in [-0.15, -0.1) is 0 Å². The lowest BCUT2D eigenvalue weighted by Crippen LogP contribution is -2.50. The lowest BCUT2D eigenvalue weighted by molar-refractivity contribution is -0.137. The van der Waals surface area contributed by atoms with Gasteiger partial charge in [-0.25, -0.2) is 4.98 Å². The highest BCUT2D eigenvalue weighted by Crippen LogP contribution is 2.33. The first-order chi connectivity index (χ1) is 10.4. The van der Waals surface area contributed by atoms with Gasteiger partial charge in [-0.05, 0) is 12.5 Å². The Hall–Kier alpha value is -1.05. The smallest absolute Gasteiger partial charge is 0.380 e. The number of rotatable bonds is 2. The van der Waals surface area contributed by atoms with Crippen molar-refractivity contribution in [3.05, 3.63) is 22.8 Å². The Morgan fingerprint density at radius 2 is 1.95 bits per heavy atom. The van der Waals surface area contributed by atoms with Gasteiger partial charge in [-0.3, -0.25) is 4.90 Å². The molecule has 0 spiro atoms. The van der Waals surface area contributed by atoms with Crippen molar-refractivity contribution in [3.63, 3.8) is 0 Å². The first-order valence-corrected chi connectivity index (χ1v) is 7.62. The molecule has 2 aliphatic rings. The molecule has 8 heteroatoms. The molecule has 0 bridgehead atoms. The van der Waals surface area contributed by atoms with Crippen LogP contribution in [0.15, 0.2) is 12.3 Å². The minimum Gasteiger partial charge on any atom is -0.380 e. The standard InChI is InChI=1S/C14H17ClF3N3O/c15-12-7-10(14(16,17)18)8-19-13(12)21-4-2-20(3-5-21)11-1-6-22-9-11/h7-8,11H,1-6,9H2/t11-/m0/s1. The molecule has 2 saturated heterocycles. The zero-order valence-corrected chi connectivity index (χ0v) is 12.7. The third kappa shape index (κ3) is 3.31. The fraction of sp³-hybridized carbons (Fsp3) is 0.643. The van der Waals surface area contributed by atoms with E-state index >= 15 is 0 Å². The van der Waals surface area contributed by atoms with Gasteiger partial charge >= 0.3 is 6.18 Å². The van der Waals surface area contributed by atoms with Crippen LogP contribution in [-0.4, -0.2) is 55.3 Å². The molecular formula is C14H17ClF3N3O. The zero-order valence-electron chi connectivity index (χ0n) is 11.9. The number of hydrogen-bond acceptors (Lipinski definition) is 4. The van der Waals surface area contributed by atoms with E-state index < -0.39 is 11.7 Å². The van der Waals surface area contributed by atoms with Crippen LogP contribution < -0.4 is 4.90 Å². The molecule has 0 aromatic carbocycles. The van der Waals surface area contributed by atoms with E-state index in [-0.39, 0.29) is 5.02 Å². The number of nitrogens with zero attached hydrogens (tertiary/aromatic N) is 3. The molecule has 122 valence electrons. The predicted octanol–water partition coefficient (Wildman–Crippen LogP) is 2.66. The van der Waals surface area contributed by atoms with Crippen molar-refractivity contribution in [1.29, 1.82) is 0 Å². The van der Waals surface area contributed by atoms with Crippen molar-refractivity contribution in [1.82, 2.24) is 9.88 Å². The normalized spacial score (nSPS) is 24.0. The van der Waals surface area contributed by atoms with Gasteiger partial charge in [0.1, 0.15) is 5.82 Å². The molecular weight excluding hydrogens is 319 g/mol. The van der Waals surface area contributed by atoms with Crippen molar-refractivity contribution in [2.45, 2.75) is 18.6 Å². The van der Waals surface area contributed by atoms with Gasteiger partial charge < -0.3 is 9.64 Å². The van der Waals surface area contributed by atoms with Crippen LogP contribution in [0.3, 0.4) is 0 Å². The number of halogens is 4. The van der Waals surface area contributed by atoms with Crippen molar-refractivity contribution in [2.75, 3.05) is 44.3 Å². The maximum Gasteiger partial charge on any atom is 0.417 e. The van der Waals surface area contributed by atoms with Gasteiger partial charge in [-0.2, -0.15) is 13.2 Å². The summed E-state index contributed by atoms with van der Waals surface area (Å²) in [6, 6.07) is 1.40. The van der Waals surface area contributed by atoms with Crippen molar-refractivity contribution in [3.8, 4) is 0 Å². The molecule has 0 radical (unpaired) electrons. The predicted molar refractivity (Wildman–Crippen MR) is 77.3 cm³/mol. The zero-order chi connectivity index (χ0) is 15.7. The molecule has 4 nitrogen and oxygen atoms in total. The second-order valence-electron chi connectivity index (χ2n) is 5.57. The molecule has 0 unspecified atom stereocenters. The Morgan fingerprint density at radius 3 is 2.50 bits per heavy atom. The minimum atomic E-state index is -4.42. The number of aromatic nitrogens is 1.